The van der Waals surface area contributed by atoms with Crippen LogP contribution in [0.1, 0.15) is 29.0 Å². The lowest BCUT2D eigenvalue weighted by Crippen LogP contribution is -2.10. The molecule has 19 heavy (non-hydrogen) atoms. The Morgan fingerprint density at radius 3 is 2.58 bits per heavy atom. The largest absolute Gasteiger partial charge is 0.476 e. The number of aromatic nitrogens is 1. The molecular weight excluding hydrogens is 264 g/mol. The van der Waals surface area contributed by atoms with Gasteiger partial charge in [0.25, 0.3) is 0 Å². The van der Waals surface area contributed by atoms with Crippen LogP contribution in [-0.2, 0) is 0 Å². The first kappa shape index (κ1) is 13.4. The van der Waals surface area contributed by atoms with Gasteiger partial charge in [-0.1, -0.05) is 41.9 Å². The summed E-state index contributed by atoms with van der Waals surface area (Å²) in [5, 5.41) is 12.2. The van der Waals surface area contributed by atoms with Gasteiger partial charge >= 0.3 is 5.97 Å². The first-order chi connectivity index (χ1) is 9.08. The van der Waals surface area contributed by atoms with E-state index in [0.717, 1.165) is 5.56 Å². The second-order valence-electron chi connectivity index (χ2n) is 4.11. The van der Waals surface area contributed by atoms with Crippen LogP contribution in [0.15, 0.2) is 42.5 Å². The summed E-state index contributed by atoms with van der Waals surface area (Å²) in [5.41, 5.74) is 0.947. The molecule has 2 aromatic rings. The number of pyridine rings is 1. The Morgan fingerprint density at radius 1 is 1.26 bits per heavy atom. The van der Waals surface area contributed by atoms with Gasteiger partial charge in [0.05, 0.1) is 5.02 Å². The Balaban J connectivity index is 2.20. The molecule has 0 bridgehead atoms. The fraction of sp³-hybridized carbons (Fsp3) is 0.143. The summed E-state index contributed by atoms with van der Waals surface area (Å²) >= 11 is 5.77. The summed E-state index contributed by atoms with van der Waals surface area (Å²) in [4.78, 5) is 14.9. The van der Waals surface area contributed by atoms with Gasteiger partial charge in [-0.3, -0.25) is 0 Å². The van der Waals surface area contributed by atoms with E-state index in [1.807, 2.05) is 37.3 Å². The molecule has 0 aliphatic heterocycles. The van der Waals surface area contributed by atoms with E-state index in [2.05, 4.69) is 10.3 Å². The van der Waals surface area contributed by atoms with Gasteiger partial charge in [-0.15, -0.1) is 0 Å². The Labute approximate surface area is 116 Å². The zero-order chi connectivity index (χ0) is 13.8. The first-order valence-electron chi connectivity index (χ1n) is 5.79. The van der Waals surface area contributed by atoms with E-state index in [9.17, 15) is 4.79 Å². The van der Waals surface area contributed by atoms with Crippen molar-refractivity contribution in [2.45, 2.75) is 13.0 Å². The second kappa shape index (κ2) is 5.71. The van der Waals surface area contributed by atoms with Gasteiger partial charge in [-0.05, 0) is 24.6 Å². The number of nitrogens with zero attached hydrogens (tertiary/aromatic N) is 1. The molecule has 1 aromatic heterocycles. The Hall–Kier alpha value is -2.07. The fourth-order valence-electron chi connectivity index (χ4n) is 1.72. The molecule has 5 heteroatoms. The predicted molar refractivity (Wildman–Crippen MR) is 74.7 cm³/mol. The maximum atomic E-state index is 11.0. The van der Waals surface area contributed by atoms with Crippen molar-refractivity contribution in [2.24, 2.45) is 0 Å². The van der Waals surface area contributed by atoms with Crippen LogP contribution in [0.3, 0.4) is 0 Å². The molecule has 0 saturated carbocycles. The highest BCUT2D eigenvalue weighted by Gasteiger charge is 2.12. The fourth-order valence-corrected chi connectivity index (χ4v) is 1.91. The standard InChI is InChI=1S/C14H13ClN2O2/c1-9(10-5-3-2-4-6-10)16-12-8-7-11(15)13(17-12)14(18)19/h2-9H,1H3,(H,16,17)(H,18,19). The molecule has 1 heterocycles. The number of anilines is 1. The summed E-state index contributed by atoms with van der Waals surface area (Å²) in [6.07, 6.45) is 0. The minimum absolute atomic E-state index is 0.0246. The van der Waals surface area contributed by atoms with Gasteiger partial charge in [0.2, 0.25) is 0 Å². The third-order valence-corrected chi connectivity index (χ3v) is 3.02. The van der Waals surface area contributed by atoms with E-state index in [0.29, 0.717) is 5.82 Å². The number of halogens is 1. The van der Waals surface area contributed by atoms with Crippen molar-refractivity contribution in [3.63, 3.8) is 0 Å². The molecule has 2 rings (SSSR count). The summed E-state index contributed by atoms with van der Waals surface area (Å²) in [6.45, 7) is 1.98. The summed E-state index contributed by atoms with van der Waals surface area (Å²) in [7, 11) is 0. The molecule has 1 unspecified atom stereocenters. The van der Waals surface area contributed by atoms with E-state index in [1.165, 1.54) is 6.07 Å². The minimum Gasteiger partial charge on any atom is -0.476 e. The van der Waals surface area contributed by atoms with Gasteiger partial charge < -0.3 is 10.4 Å². The molecule has 1 aromatic carbocycles. The molecular formula is C14H13ClN2O2. The normalized spacial score (nSPS) is 11.9. The van der Waals surface area contributed by atoms with Crippen LogP contribution in [0.2, 0.25) is 5.02 Å². The smallest absolute Gasteiger partial charge is 0.356 e. The molecule has 2 N–H and O–H groups in total. The molecule has 4 nitrogen and oxygen atoms in total. The lowest BCUT2D eigenvalue weighted by molar-refractivity contribution is 0.0691. The highest BCUT2D eigenvalue weighted by atomic mass is 35.5. The molecule has 0 aliphatic carbocycles. The molecule has 0 spiro atoms. The van der Waals surface area contributed by atoms with Crippen molar-refractivity contribution in [1.29, 1.82) is 0 Å². The summed E-state index contributed by atoms with van der Waals surface area (Å²) in [6, 6.07) is 13.0. The average molecular weight is 277 g/mol. The van der Waals surface area contributed by atoms with Gasteiger partial charge in [0, 0.05) is 6.04 Å². The maximum absolute atomic E-state index is 11.0. The topological polar surface area (TPSA) is 62.2 Å². The van der Waals surface area contributed by atoms with Crippen molar-refractivity contribution in [3.8, 4) is 0 Å². The van der Waals surface area contributed by atoms with Gasteiger partial charge in [0.1, 0.15) is 5.82 Å². The molecule has 0 fully saturated rings. The number of carboxylic acids is 1. The number of hydrogen-bond acceptors (Lipinski definition) is 3. The SMILES string of the molecule is CC(Nc1ccc(Cl)c(C(=O)O)n1)c1ccccc1. The molecule has 0 radical (unpaired) electrons. The van der Waals surface area contributed by atoms with E-state index in [-0.39, 0.29) is 16.8 Å². The maximum Gasteiger partial charge on any atom is 0.356 e. The number of carbonyl (C=O) groups is 1. The Morgan fingerprint density at radius 2 is 1.95 bits per heavy atom. The van der Waals surface area contributed by atoms with Crippen LogP contribution in [-0.4, -0.2) is 16.1 Å². The van der Waals surface area contributed by atoms with Crippen molar-refractivity contribution < 1.29 is 9.90 Å². The summed E-state index contributed by atoms with van der Waals surface area (Å²) < 4.78 is 0. The quantitative estimate of drug-likeness (QED) is 0.895. The molecule has 0 saturated heterocycles. The van der Waals surface area contributed by atoms with Crippen molar-refractivity contribution in [2.75, 3.05) is 5.32 Å². The Kier molecular flexibility index (Phi) is 4.02. The van der Waals surface area contributed by atoms with E-state index in [4.69, 9.17) is 16.7 Å². The van der Waals surface area contributed by atoms with Gasteiger partial charge in [-0.25, -0.2) is 9.78 Å². The van der Waals surface area contributed by atoms with E-state index >= 15 is 0 Å². The number of benzene rings is 1. The highest BCUT2D eigenvalue weighted by molar-refractivity contribution is 6.33. The number of carboxylic acid groups (broad SMARTS) is 1. The second-order valence-corrected chi connectivity index (χ2v) is 4.52. The van der Waals surface area contributed by atoms with Crippen LogP contribution in [0, 0.1) is 0 Å². The van der Waals surface area contributed by atoms with Crippen LogP contribution < -0.4 is 5.32 Å². The van der Waals surface area contributed by atoms with E-state index in [1.54, 1.807) is 6.07 Å². The van der Waals surface area contributed by atoms with Crippen molar-refractivity contribution >= 4 is 23.4 Å². The van der Waals surface area contributed by atoms with Crippen molar-refractivity contribution in [1.82, 2.24) is 4.98 Å². The van der Waals surface area contributed by atoms with Crippen LogP contribution >= 0.6 is 11.6 Å². The van der Waals surface area contributed by atoms with Crippen LogP contribution in [0.4, 0.5) is 5.82 Å². The van der Waals surface area contributed by atoms with E-state index < -0.39 is 5.97 Å². The zero-order valence-corrected chi connectivity index (χ0v) is 11.1. The van der Waals surface area contributed by atoms with Crippen LogP contribution in [0.25, 0.3) is 0 Å². The van der Waals surface area contributed by atoms with Gasteiger partial charge in [0.15, 0.2) is 5.69 Å². The monoisotopic (exact) mass is 276 g/mol. The lowest BCUT2D eigenvalue weighted by atomic mass is 10.1. The number of rotatable bonds is 4. The third-order valence-electron chi connectivity index (χ3n) is 2.71. The number of hydrogen-bond donors (Lipinski definition) is 2. The molecule has 1 atom stereocenters. The highest BCUT2D eigenvalue weighted by Crippen LogP contribution is 2.21. The third kappa shape index (κ3) is 3.23. The number of aromatic carboxylic acids is 1. The minimum atomic E-state index is -1.14. The van der Waals surface area contributed by atoms with Crippen molar-refractivity contribution in [3.05, 3.63) is 58.7 Å². The van der Waals surface area contributed by atoms with Crippen LogP contribution in [0.5, 0.6) is 0 Å². The summed E-state index contributed by atoms with van der Waals surface area (Å²) in [5.74, 6) is -0.654. The molecule has 98 valence electrons. The van der Waals surface area contributed by atoms with Gasteiger partial charge in [-0.2, -0.15) is 0 Å². The predicted octanol–water partition coefficient (Wildman–Crippen LogP) is 3.61. The number of nitrogens with one attached hydrogen (secondary N) is 1. The zero-order valence-electron chi connectivity index (χ0n) is 10.3. The Bertz CT molecular complexity index is 587. The average Bonchev–Trinajstić information content (AvgIpc) is 2.41. The first-order valence-corrected chi connectivity index (χ1v) is 6.17. The molecule has 0 aliphatic rings. The lowest BCUT2D eigenvalue weighted by Gasteiger charge is -2.15. The molecule has 0 amide bonds.